The van der Waals surface area contributed by atoms with E-state index in [1.807, 2.05) is 0 Å². The Morgan fingerprint density at radius 2 is 2.20 bits per heavy atom. The summed E-state index contributed by atoms with van der Waals surface area (Å²) in [4.78, 5) is 26.3. The van der Waals surface area contributed by atoms with Crippen molar-refractivity contribution in [1.29, 1.82) is 0 Å². The van der Waals surface area contributed by atoms with Gasteiger partial charge in [-0.25, -0.2) is 14.2 Å². The van der Waals surface area contributed by atoms with Crippen molar-refractivity contribution in [2.24, 2.45) is 0 Å². The number of hydrogen-bond donors (Lipinski definition) is 2. The molecular weight excluding hydrogens is 351 g/mol. The van der Waals surface area contributed by atoms with Gasteiger partial charge in [0.1, 0.15) is 10.8 Å². The standard InChI is InChI=1S/C12H8BrFN2O3S/c13-6-1-2-7(8(14)3-6)11(17)15-4-10-16-9(5-20-10)12(18)19/h1-3,5H,4H2,(H,15,17)(H,18,19). The van der Waals surface area contributed by atoms with E-state index >= 15 is 0 Å². The lowest BCUT2D eigenvalue weighted by atomic mass is 10.2. The minimum Gasteiger partial charge on any atom is -0.476 e. The molecule has 1 aromatic carbocycles. The molecule has 0 aliphatic carbocycles. The Kier molecular flexibility index (Phi) is 4.46. The SMILES string of the molecule is O=C(O)c1csc(CNC(=O)c2ccc(Br)cc2F)n1. The zero-order valence-electron chi connectivity index (χ0n) is 9.89. The van der Waals surface area contributed by atoms with Crippen molar-refractivity contribution in [3.8, 4) is 0 Å². The number of halogens is 2. The molecule has 8 heteroatoms. The van der Waals surface area contributed by atoms with Crippen LogP contribution in [-0.2, 0) is 6.54 Å². The highest BCUT2D eigenvalue weighted by atomic mass is 79.9. The normalized spacial score (nSPS) is 10.3. The lowest BCUT2D eigenvalue weighted by Gasteiger charge is -2.04. The first-order valence-electron chi connectivity index (χ1n) is 5.38. The van der Waals surface area contributed by atoms with Crippen LogP contribution < -0.4 is 5.32 Å². The van der Waals surface area contributed by atoms with Gasteiger partial charge in [-0.2, -0.15) is 0 Å². The maximum Gasteiger partial charge on any atom is 0.355 e. The van der Waals surface area contributed by atoms with E-state index in [0.717, 1.165) is 11.3 Å². The summed E-state index contributed by atoms with van der Waals surface area (Å²) in [5.74, 6) is -2.35. The zero-order valence-corrected chi connectivity index (χ0v) is 12.3. The molecule has 0 atom stereocenters. The summed E-state index contributed by atoms with van der Waals surface area (Å²) in [6.45, 7) is 0.0479. The molecule has 1 heterocycles. The third kappa shape index (κ3) is 3.40. The molecule has 1 amide bonds. The first-order valence-corrected chi connectivity index (χ1v) is 7.05. The van der Waals surface area contributed by atoms with E-state index in [2.05, 4.69) is 26.2 Å². The Labute approximate surface area is 125 Å². The molecule has 2 aromatic rings. The molecule has 20 heavy (non-hydrogen) atoms. The van der Waals surface area contributed by atoms with Gasteiger partial charge >= 0.3 is 5.97 Å². The summed E-state index contributed by atoms with van der Waals surface area (Å²) in [5, 5.41) is 13.0. The fourth-order valence-corrected chi connectivity index (χ4v) is 2.46. The molecule has 1 aromatic heterocycles. The summed E-state index contributed by atoms with van der Waals surface area (Å²) < 4.78 is 14.1. The number of aromatic nitrogens is 1. The van der Waals surface area contributed by atoms with Gasteiger partial charge in [0.2, 0.25) is 0 Å². The van der Waals surface area contributed by atoms with E-state index in [1.54, 1.807) is 6.07 Å². The Morgan fingerprint density at radius 3 is 2.80 bits per heavy atom. The molecule has 0 saturated heterocycles. The third-order valence-electron chi connectivity index (χ3n) is 2.35. The molecule has 0 aliphatic rings. The first kappa shape index (κ1) is 14.6. The highest BCUT2D eigenvalue weighted by Gasteiger charge is 2.13. The average Bonchev–Trinajstić information content (AvgIpc) is 2.85. The van der Waals surface area contributed by atoms with Gasteiger partial charge in [-0.15, -0.1) is 11.3 Å². The van der Waals surface area contributed by atoms with Crippen LogP contribution in [0.4, 0.5) is 4.39 Å². The minimum absolute atomic E-state index is 0.0479. The topological polar surface area (TPSA) is 79.3 Å². The number of thiazole rings is 1. The maximum atomic E-state index is 13.6. The van der Waals surface area contributed by atoms with Crippen molar-refractivity contribution in [2.75, 3.05) is 0 Å². The van der Waals surface area contributed by atoms with E-state index in [-0.39, 0.29) is 17.8 Å². The second-order valence-electron chi connectivity index (χ2n) is 3.74. The quantitative estimate of drug-likeness (QED) is 0.880. The minimum atomic E-state index is -1.13. The number of nitrogens with one attached hydrogen (secondary N) is 1. The molecule has 2 N–H and O–H groups in total. The van der Waals surface area contributed by atoms with Crippen LogP contribution in [0.15, 0.2) is 28.1 Å². The molecule has 0 aliphatic heterocycles. The summed E-state index contributed by atoms with van der Waals surface area (Å²) in [6, 6.07) is 4.12. The van der Waals surface area contributed by atoms with Crippen LogP contribution in [-0.4, -0.2) is 22.0 Å². The number of carbonyl (C=O) groups is 2. The van der Waals surface area contributed by atoms with Gasteiger partial charge in [0.25, 0.3) is 5.91 Å². The predicted molar refractivity (Wildman–Crippen MR) is 74.3 cm³/mol. The summed E-state index contributed by atoms with van der Waals surface area (Å²) in [7, 11) is 0. The largest absolute Gasteiger partial charge is 0.476 e. The number of benzene rings is 1. The maximum absolute atomic E-state index is 13.6. The summed E-state index contributed by atoms with van der Waals surface area (Å²) >= 11 is 4.22. The third-order valence-corrected chi connectivity index (χ3v) is 3.69. The number of hydrogen-bond acceptors (Lipinski definition) is 4. The van der Waals surface area contributed by atoms with Gasteiger partial charge in [0.15, 0.2) is 5.69 Å². The Morgan fingerprint density at radius 1 is 1.45 bits per heavy atom. The van der Waals surface area contributed by atoms with Gasteiger partial charge in [-0.1, -0.05) is 15.9 Å². The Balaban J connectivity index is 2.02. The van der Waals surface area contributed by atoms with Crippen LogP contribution in [0, 0.1) is 5.82 Å². The van der Waals surface area contributed by atoms with E-state index in [0.29, 0.717) is 9.48 Å². The number of carboxylic acid groups (broad SMARTS) is 1. The van der Waals surface area contributed by atoms with E-state index in [1.165, 1.54) is 17.5 Å². The van der Waals surface area contributed by atoms with E-state index < -0.39 is 17.7 Å². The van der Waals surface area contributed by atoms with Crippen molar-refractivity contribution in [3.63, 3.8) is 0 Å². The van der Waals surface area contributed by atoms with Gasteiger partial charge in [0, 0.05) is 9.85 Å². The van der Waals surface area contributed by atoms with Gasteiger partial charge in [0.05, 0.1) is 12.1 Å². The Bertz CT molecular complexity index is 674. The molecule has 0 radical (unpaired) electrons. The number of aromatic carboxylic acids is 1. The van der Waals surface area contributed by atoms with Crippen molar-refractivity contribution in [3.05, 3.63) is 50.1 Å². The molecule has 0 saturated carbocycles. The van der Waals surface area contributed by atoms with Crippen LogP contribution in [0.2, 0.25) is 0 Å². The highest BCUT2D eigenvalue weighted by molar-refractivity contribution is 9.10. The second-order valence-corrected chi connectivity index (χ2v) is 5.60. The van der Waals surface area contributed by atoms with Gasteiger partial charge in [-0.05, 0) is 18.2 Å². The Hall–Kier alpha value is -1.80. The number of amides is 1. The van der Waals surface area contributed by atoms with Crippen molar-refractivity contribution >= 4 is 39.1 Å². The van der Waals surface area contributed by atoms with E-state index in [9.17, 15) is 14.0 Å². The first-order chi connectivity index (χ1) is 9.47. The molecule has 0 unspecified atom stereocenters. The van der Waals surface area contributed by atoms with Crippen LogP contribution in [0.3, 0.4) is 0 Å². The summed E-state index contributed by atoms with van der Waals surface area (Å²) in [5.41, 5.74) is -0.155. The number of rotatable bonds is 4. The van der Waals surface area contributed by atoms with Crippen molar-refractivity contribution < 1.29 is 19.1 Å². The molecule has 0 fully saturated rings. The van der Waals surface area contributed by atoms with Gasteiger partial charge < -0.3 is 10.4 Å². The fourth-order valence-electron chi connectivity index (χ4n) is 1.42. The van der Waals surface area contributed by atoms with Crippen LogP contribution in [0.5, 0.6) is 0 Å². The predicted octanol–water partition coefficient (Wildman–Crippen LogP) is 2.67. The number of carbonyl (C=O) groups excluding carboxylic acids is 1. The molecule has 0 spiro atoms. The molecular formula is C12H8BrFN2O3S. The fraction of sp³-hybridized carbons (Fsp3) is 0.0833. The molecule has 5 nitrogen and oxygen atoms in total. The molecule has 104 valence electrons. The molecule has 2 rings (SSSR count). The van der Waals surface area contributed by atoms with Crippen LogP contribution in [0.1, 0.15) is 25.9 Å². The van der Waals surface area contributed by atoms with Crippen molar-refractivity contribution in [2.45, 2.75) is 6.54 Å². The molecule has 0 bridgehead atoms. The summed E-state index contributed by atoms with van der Waals surface area (Å²) in [6.07, 6.45) is 0. The van der Waals surface area contributed by atoms with Crippen molar-refractivity contribution in [1.82, 2.24) is 10.3 Å². The van der Waals surface area contributed by atoms with Crippen LogP contribution >= 0.6 is 27.3 Å². The highest BCUT2D eigenvalue weighted by Crippen LogP contribution is 2.15. The number of nitrogens with zero attached hydrogens (tertiary/aromatic N) is 1. The zero-order chi connectivity index (χ0) is 14.7. The van der Waals surface area contributed by atoms with Crippen LogP contribution in [0.25, 0.3) is 0 Å². The smallest absolute Gasteiger partial charge is 0.355 e. The van der Waals surface area contributed by atoms with E-state index in [4.69, 9.17) is 5.11 Å². The monoisotopic (exact) mass is 358 g/mol. The lowest BCUT2D eigenvalue weighted by Crippen LogP contribution is -2.23. The average molecular weight is 359 g/mol. The number of carboxylic acids is 1. The van der Waals surface area contributed by atoms with Gasteiger partial charge in [-0.3, -0.25) is 4.79 Å². The lowest BCUT2D eigenvalue weighted by molar-refractivity contribution is 0.0691. The second kappa shape index (κ2) is 6.10.